The number of nitrogens with one attached hydrogen (secondary N) is 1. The number of hydrogen-bond donors (Lipinski definition) is 1. The average Bonchev–Trinajstić information content (AvgIpc) is 2.43. The lowest BCUT2D eigenvalue weighted by Gasteiger charge is -2.09. The smallest absolute Gasteiger partial charge is 0.259 e. The predicted octanol–water partition coefficient (Wildman–Crippen LogP) is 3.41. The van der Waals surface area contributed by atoms with Gasteiger partial charge in [0.25, 0.3) is 5.91 Å². The topological polar surface area (TPSA) is 51.2 Å². The number of carbonyl (C=O) groups excluding carboxylic acids is 1. The van der Waals surface area contributed by atoms with Gasteiger partial charge in [0, 0.05) is 0 Å². The number of halogens is 1. The van der Waals surface area contributed by atoms with Gasteiger partial charge in [0.1, 0.15) is 10.4 Å². The fourth-order valence-corrected chi connectivity index (χ4v) is 1.87. The Labute approximate surface area is 119 Å². The molecule has 0 saturated heterocycles. The second kappa shape index (κ2) is 5.84. The lowest BCUT2D eigenvalue weighted by atomic mass is 10.2. The maximum atomic E-state index is 12.2. The summed E-state index contributed by atoms with van der Waals surface area (Å²) in [7, 11) is 1.54. The molecule has 5 heteroatoms. The van der Waals surface area contributed by atoms with Crippen molar-refractivity contribution < 1.29 is 9.53 Å². The number of benzene rings is 1. The minimum atomic E-state index is -0.221. The summed E-state index contributed by atoms with van der Waals surface area (Å²) in [5.74, 6) is 0.322. The Bertz CT molecular complexity index is 614. The first-order chi connectivity index (χ1) is 9.11. The Morgan fingerprint density at radius 1 is 1.37 bits per heavy atom. The van der Waals surface area contributed by atoms with E-state index in [4.69, 9.17) is 4.74 Å². The Morgan fingerprint density at radius 2 is 2.11 bits per heavy atom. The molecular formula is C14H13BrN2O2. The van der Waals surface area contributed by atoms with Crippen molar-refractivity contribution in [3.63, 3.8) is 0 Å². The molecule has 4 nitrogen and oxygen atoms in total. The third kappa shape index (κ3) is 3.12. The minimum absolute atomic E-state index is 0.221. The van der Waals surface area contributed by atoms with Crippen LogP contribution in [0, 0.1) is 6.92 Å². The summed E-state index contributed by atoms with van der Waals surface area (Å²) >= 11 is 3.32. The van der Waals surface area contributed by atoms with Crippen LogP contribution in [0.3, 0.4) is 0 Å². The first-order valence-corrected chi connectivity index (χ1v) is 6.47. The van der Waals surface area contributed by atoms with Crippen molar-refractivity contribution in [1.82, 2.24) is 4.98 Å². The van der Waals surface area contributed by atoms with Crippen LogP contribution < -0.4 is 10.1 Å². The largest absolute Gasteiger partial charge is 0.496 e. The minimum Gasteiger partial charge on any atom is -0.496 e. The maximum Gasteiger partial charge on any atom is 0.259 e. The molecule has 98 valence electrons. The highest BCUT2D eigenvalue weighted by molar-refractivity contribution is 9.10. The van der Waals surface area contributed by atoms with Crippen molar-refractivity contribution in [3.05, 3.63) is 52.3 Å². The van der Waals surface area contributed by atoms with Gasteiger partial charge in [-0.3, -0.25) is 4.79 Å². The van der Waals surface area contributed by atoms with Crippen molar-refractivity contribution in [2.24, 2.45) is 0 Å². The highest BCUT2D eigenvalue weighted by atomic mass is 79.9. The SMILES string of the molecule is COc1ccccc1C(=O)Nc1cnc(Br)c(C)c1. The third-order valence-corrected chi connectivity index (χ3v) is 3.45. The molecule has 2 aromatic rings. The van der Waals surface area contributed by atoms with E-state index in [1.807, 2.05) is 19.1 Å². The van der Waals surface area contributed by atoms with Crippen LogP contribution in [-0.2, 0) is 0 Å². The van der Waals surface area contributed by atoms with E-state index < -0.39 is 0 Å². The molecule has 0 radical (unpaired) electrons. The lowest BCUT2D eigenvalue weighted by Crippen LogP contribution is -2.13. The molecule has 1 heterocycles. The van der Waals surface area contributed by atoms with Gasteiger partial charge in [0.05, 0.1) is 24.6 Å². The standard InChI is InChI=1S/C14H13BrN2O2/c1-9-7-10(8-16-13(9)15)17-14(18)11-5-3-4-6-12(11)19-2/h3-8H,1-2H3,(H,17,18). The summed E-state index contributed by atoms with van der Waals surface area (Å²) < 4.78 is 5.93. The van der Waals surface area contributed by atoms with Crippen LogP contribution in [-0.4, -0.2) is 18.0 Å². The van der Waals surface area contributed by atoms with Gasteiger partial charge in [-0.05, 0) is 46.6 Å². The number of hydrogen-bond acceptors (Lipinski definition) is 3. The number of nitrogens with zero attached hydrogens (tertiary/aromatic N) is 1. The quantitative estimate of drug-likeness (QED) is 0.882. The zero-order chi connectivity index (χ0) is 13.8. The molecule has 0 spiro atoms. The zero-order valence-corrected chi connectivity index (χ0v) is 12.2. The van der Waals surface area contributed by atoms with Gasteiger partial charge < -0.3 is 10.1 Å². The second-order valence-corrected chi connectivity index (χ2v) is 4.74. The van der Waals surface area contributed by atoms with E-state index in [9.17, 15) is 4.79 Å². The van der Waals surface area contributed by atoms with Gasteiger partial charge in [-0.25, -0.2) is 4.98 Å². The Hall–Kier alpha value is -1.88. The van der Waals surface area contributed by atoms with Gasteiger partial charge in [0.15, 0.2) is 0 Å². The molecule has 1 amide bonds. The van der Waals surface area contributed by atoms with Gasteiger partial charge >= 0.3 is 0 Å². The van der Waals surface area contributed by atoms with Crippen molar-refractivity contribution in [2.75, 3.05) is 12.4 Å². The third-order valence-electron chi connectivity index (χ3n) is 2.62. The second-order valence-electron chi connectivity index (χ2n) is 3.99. The fraction of sp³-hybridized carbons (Fsp3) is 0.143. The lowest BCUT2D eigenvalue weighted by molar-refractivity contribution is 0.102. The molecule has 2 rings (SSSR count). The van der Waals surface area contributed by atoms with Crippen molar-refractivity contribution in [1.29, 1.82) is 0 Å². The number of methoxy groups -OCH3 is 1. The van der Waals surface area contributed by atoms with Gasteiger partial charge in [-0.2, -0.15) is 0 Å². The van der Waals surface area contributed by atoms with Gasteiger partial charge in [-0.15, -0.1) is 0 Å². The van der Waals surface area contributed by atoms with Crippen LogP contribution in [0.1, 0.15) is 15.9 Å². The zero-order valence-electron chi connectivity index (χ0n) is 10.6. The van der Waals surface area contributed by atoms with E-state index in [0.29, 0.717) is 17.0 Å². The van der Waals surface area contributed by atoms with E-state index in [1.165, 1.54) is 7.11 Å². The van der Waals surface area contributed by atoms with Crippen LogP contribution in [0.15, 0.2) is 41.1 Å². The van der Waals surface area contributed by atoms with Crippen molar-refractivity contribution in [3.8, 4) is 5.75 Å². The van der Waals surface area contributed by atoms with Crippen LogP contribution >= 0.6 is 15.9 Å². The summed E-state index contributed by atoms with van der Waals surface area (Å²) in [6.07, 6.45) is 1.60. The molecule has 0 unspecified atom stereocenters. The molecule has 19 heavy (non-hydrogen) atoms. The number of carbonyl (C=O) groups is 1. The van der Waals surface area contributed by atoms with Crippen LogP contribution in [0.5, 0.6) is 5.75 Å². The Kier molecular flexibility index (Phi) is 4.16. The monoisotopic (exact) mass is 320 g/mol. The predicted molar refractivity (Wildman–Crippen MR) is 77.6 cm³/mol. The Morgan fingerprint density at radius 3 is 2.79 bits per heavy atom. The highest BCUT2D eigenvalue weighted by Crippen LogP contribution is 2.21. The molecule has 0 atom stereocenters. The molecule has 1 aromatic heterocycles. The van der Waals surface area contributed by atoms with Crippen LogP contribution in [0.25, 0.3) is 0 Å². The highest BCUT2D eigenvalue weighted by Gasteiger charge is 2.12. The first kappa shape index (κ1) is 13.5. The normalized spacial score (nSPS) is 10.1. The average molecular weight is 321 g/mol. The molecule has 0 aliphatic heterocycles. The number of pyridine rings is 1. The van der Waals surface area contributed by atoms with Gasteiger partial charge in [-0.1, -0.05) is 12.1 Å². The molecule has 0 aliphatic rings. The van der Waals surface area contributed by atoms with Crippen molar-refractivity contribution in [2.45, 2.75) is 6.92 Å². The molecule has 0 bridgehead atoms. The fourth-order valence-electron chi connectivity index (χ4n) is 1.66. The number of aromatic nitrogens is 1. The molecule has 0 saturated carbocycles. The summed E-state index contributed by atoms with van der Waals surface area (Å²) in [4.78, 5) is 16.3. The number of rotatable bonds is 3. The van der Waals surface area contributed by atoms with Gasteiger partial charge in [0.2, 0.25) is 0 Å². The van der Waals surface area contributed by atoms with E-state index >= 15 is 0 Å². The van der Waals surface area contributed by atoms with Crippen LogP contribution in [0.2, 0.25) is 0 Å². The van der Waals surface area contributed by atoms with E-state index in [2.05, 4.69) is 26.2 Å². The summed E-state index contributed by atoms with van der Waals surface area (Å²) in [6, 6.07) is 8.93. The number of para-hydroxylation sites is 1. The maximum absolute atomic E-state index is 12.2. The summed E-state index contributed by atoms with van der Waals surface area (Å²) in [6.45, 7) is 1.91. The molecule has 1 aromatic carbocycles. The van der Waals surface area contributed by atoms with E-state index in [0.717, 1.165) is 10.2 Å². The molecule has 0 aliphatic carbocycles. The first-order valence-electron chi connectivity index (χ1n) is 5.68. The number of anilines is 1. The van der Waals surface area contributed by atoms with E-state index in [1.54, 1.807) is 24.4 Å². The number of amides is 1. The number of aryl methyl sites for hydroxylation is 1. The van der Waals surface area contributed by atoms with Crippen LogP contribution in [0.4, 0.5) is 5.69 Å². The number of ether oxygens (including phenoxy) is 1. The molecular weight excluding hydrogens is 308 g/mol. The Balaban J connectivity index is 2.23. The van der Waals surface area contributed by atoms with E-state index in [-0.39, 0.29) is 5.91 Å². The summed E-state index contributed by atoms with van der Waals surface area (Å²) in [5.41, 5.74) is 2.10. The summed E-state index contributed by atoms with van der Waals surface area (Å²) in [5, 5.41) is 2.80. The van der Waals surface area contributed by atoms with Crippen molar-refractivity contribution >= 4 is 27.5 Å². The molecule has 0 fully saturated rings. The molecule has 1 N–H and O–H groups in total.